The molecule has 0 fully saturated rings. The molecule has 0 radical (unpaired) electrons. The van der Waals surface area contributed by atoms with E-state index >= 15 is 0 Å². The van der Waals surface area contributed by atoms with Crippen LogP contribution in [0, 0.1) is 0 Å². The molecule has 64 valence electrons. The molecule has 1 atom stereocenters. The van der Waals surface area contributed by atoms with Gasteiger partial charge < -0.3 is 10.8 Å². The molecule has 1 rings (SSSR count). The second-order valence-corrected chi connectivity index (χ2v) is 2.92. The number of nitrogens with two attached hydrogens (primary N) is 1. The van der Waals surface area contributed by atoms with Crippen molar-refractivity contribution in [2.75, 3.05) is 6.61 Å². The highest BCUT2D eigenvalue weighted by Gasteiger charge is 2.05. The number of hydrogen-bond acceptors (Lipinski definition) is 4. The van der Waals surface area contributed by atoms with Crippen molar-refractivity contribution in [3.05, 3.63) is 16.6 Å². The topological polar surface area (TPSA) is 59.1 Å². The Morgan fingerprint density at radius 3 is 2.91 bits per heavy atom. The standard InChI is InChI=1S/C6H10N2OS.ClH/c7-5(1-3-9)6-8-2-4-10-6;/h2,4-5,9H,1,3,7H2;1H. The number of nitrogens with zero attached hydrogens (tertiary/aromatic N) is 1. The predicted octanol–water partition coefficient (Wildman–Crippen LogP) is 0.947. The molecule has 3 nitrogen and oxygen atoms in total. The van der Waals surface area contributed by atoms with Gasteiger partial charge in [-0.2, -0.15) is 0 Å². The van der Waals surface area contributed by atoms with Crippen molar-refractivity contribution in [1.82, 2.24) is 4.98 Å². The first-order chi connectivity index (χ1) is 4.84. The first-order valence-corrected chi connectivity index (χ1v) is 3.98. The lowest BCUT2D eigenvalue weighted by Crippen LogP contribution is -2.11. The zero-order valence-corrected chi connectivity index (χ0v) is 7.57. The van der Waals surface area contributed by atoms with E-state index in [1.165, 1.54) is 11.3 Å². The Kier molecular flexibility index (Phi) is 5.41. The zero-order valence-electron chi connectivity index (χ0n) is 5.93. The molecular weight excluding hydrogens is 184 g/mol. The highest BCUT2D eigenvalue weighted by atomic mass is 35.5. The summed E-state index contributed by atoms with van der Waals surface area (Å²) in [5.74, 6) is 0. The van der Waals surface area contributed by atoms with Crippen molar-refractivity contribution in [2.24, 2.45) is 5.73 Å². The summed E-state index contributed by atoms with van der Waals surface area (Å²) in [5, 5.41) is 11.3. The SMILES string of the molecule is Cl.NC(CCO)c1nccs1. The molecule has 5 heteroatoms. The number of halogens is 1. The van der Waals surface area contributed by atoms with Gasteiger partial charge in [-0.05, 0) is 6.42 Å². The first-order valence-electron chi connectivity index (χ1n) is 3.10. The third-order valence-electron chi connectivity index (χ3n) is 1.21. The fraction of sp³-hybridized carbons (Fsp3) is 0.500. The second kappa shape index (κ2) is 5.49. The Bertz CT molecular complexity index is 181. The molecule has 0 aliphatic carbocycles. The van der Waals surface area contributed by atoms with Crippen LogP contribution in [0.25, 0.3) is 0 Å². The molecule has 0 saturated heterocycles. The maximum Gasteiger partial charge on any atom is 0.109 e. The maximum atomic E-state index is 8.53. The number of hydrogen-bond donors (Lipinski definition) is 2. The number of thiazole rings is 1. The molecule has 1 aromatic heterocycles. The molecular formula is C6H11ClN2OS. The molecule has 3 N–H and O–H groups in total. The lowest BCUT2D eigenvalue weighted by molar-refractivity contribution is 0.276. The molecule has 1 aromatic rings. The van der Waals surface area contributed by atoms with Gasteiger partial charge in [-0.1, -0.05) is 0 Å². The Labute approximate surface area is 75.7 Å². The van der Waals surface area contributed by atoms with Gasteiger partial charge in [0.1, 0.15) is 5.01 Å². The average Bonchev–Trinajstić information content (AvgIpc) is 2.38. The van der Waals surface area contributed by atoms with E-state index < -0.39 is 0 Å². The number of aliphatic hydroxyl groups excluding tert-OH is 1. The maximum absolute atomic E-state index is 8.53. The van der Waals surface area contributed by atoms with Gasteiger partial charge in [0, 0.05) is 18.2 Å². The summed E-state index contributed by atoms with van der Waals surface area (Å²) in [6.45, 7) is 0.126. The third kappa shape index (κ3) is 3.16. The normalized spacial score (nSPS) is 12.2. The van der Waals surface area contributed by atoms with E-state index in [9.17, 15) is 0 Å². The van der Waals surface area contributed by atoms with Crippen molar-refractivity contribution in [3.63, 3.8) is 0 Å². The van der Waals surface area contributed by atoms with E-state index in [1.54, 1.807) is 6.20 Å². The average molecular weight is 195 g/mol. The van der Waals surface area contributed by atoms with Crippen LogP contribution in [0.3, 0.4) is 0 Å². The minimum Gasteiger partial charge on any atom is -0.396 e. The van der Waals surface area contributed by atoms with Crippen molar-refractivity contribution < 1.29 is 5.11 Å². The number of rotatable bonds is 3. The zero-order chi connectivity index (χ0) is 7.40. The summed E-state index contributed by atoms with van der Waals surface area (Å²) in [6, 6.07) is -0.0926. The van der Waals surface area contributed by atoms with Crippen LogP contribution in [0.4, 0.5) is 0 Å². The fourth-order valence-electron chi connectivity index (χ4n) is 0.680. The first kappa shape index (κ1) is 10.8. The summed E-state index contributed by atoms with van der Waals surface area (Å²) in [5.41, 5.74) is 5.64. The Morgan fingerprint density at radius 1 is 1.73 bits per heavy atom. The van der Waals surface area contributed by atoms with Crippen LogP contribution in [-0.2, 0) is 0 Å². The van der Waals surface area contributed by atoms with E-state index in [0.717, 1.165) is 5.01 Å². The van der Waals surface area contributed by atoms with Gasteiger partial charge in [0.05, 0.1) is 6.04 Å². The predicted molar refractivity (Wildman–Crippen MR) is 48.0 cm³/mol. The highest BCUT2D eigenvalue weighted by molar-refractivity contribution is 7.09. The van der Waals surface area contributed by atoms with Gasteiger partial charge in [-0.25, -0.2) is 4.98 Å². The smallest absolute Gasteiger partial charge is 0.109 e. The van der Waals surface area contributed by atoms with Crippen molar-refractivity contribution in [1.29, 1.82) is 0 Å². The van der Waals surface area contributed by atoms with Crippen molar-refractivity contribution in [2.45, 2.75) is 12.5 Å². The van der Waals surface area contributed by atoms with Crippen LogP contribution in [0.15, 0.2) is 11.6 Å². The molecule has 1 heterocycles. The largest absolute Gasteiger partial charge is 0.396 e. The second-order valence-electron chi connectivity index (χ2n) is 1.99. The Hall–Kier alpha value is -0.160. The van der Waals surface area contributed by atoms with Crippen LogP contribution in [0.1, 0.15) is 17.5 Å². The van der Waals surface area contributed by atoms with Gasteiger partial charge in [0.2, 0.25) is 0 Å². The van der Waals surface area contributed by atoms with Crippen LogP contribution in [0.5, 0.6) is 0 Å². The molecule has 0 bridgehead atoms. The summed E-state index contributed by atoms with van der Waals surface area (Å²) < 4.78 is 0. The van der Waals surface area contributed by atoms with E-state index in [2.05, 4.69) is 4.98 Å². The van der Waals surface area contributed by atoms with Crippen molar-refractivity contribution >= 4 is 23.7 Å². The van der Waals surface area contributed by atoms with Gasteiger partial charge in [-0.3, -0.25) is 0 Å². The Balaban J connectivity index is 0.000001000. The summed E-state index contributed by atoms with van der Waals surface area (Å²) in [4.78, 5) is 4.02. The molecule has 0 aromatic carbocycles. The molecule has 0 aliphatic heterocycles. The monoisotopic (exact) mass is 194 g/mol. The summed E-state index contributed by atoms with van der Waals surface area (Å²) in [7, 11) is 0. The summed E-state index contributed by atoms with van der Waals surface area (Å²) in [6.07, 6.45) is 2.31. The van der Waals surface area contributed by atoms with Crippen LogP contribution >= 0.6 is 23.7 Å². The van der Waals surface area contributed by atoms with Crippen molar-refractivity contribution in [3.8, 4) is 0 Å². The number of aliphatic hydroxyl groups is 1. The van der Waals surface area contributed by atoms with Gasteiger partial charge >= 0.3 is 0 Å². The van der Waals surface area contributed by atoms with Gasteiger partial charge in [-0.15, -0.1) is 23.7 Å². The molecule has 11 heavy (non-hydrogen) atoms. The lowest BCUT2D eigenvalue weighted by Gasteiger charge is -2.03. The van der Waals surface area contributed by atoms with Gasteiger partial charge in [0.15, 0.2) is 0 Å². The minimum absolute atomic E-state index is 0. The van der Waals surface area contributed by atoms with Crippen LogP contribution in [-0.4, -0.2) is 16.7 Å². The highest BCUT2D eigenvalue weighted by Crippen LogP contribution is 2.15. The van der Waals surface area contributed by atoms with Gasteiger partial charge in [0.25, 0.3) is 0 Å². The van der Waals surface area contributed by atoms with E-state index in [1.807, 2.05) is 5.38 Å². The molecule has 0 saturated carbocycles. The minimum atomic E-state index is -0.0926. The summed E-state index contributed by atoms with van der Waals surface area (Å²) >= 11 is 1.52. The quantitative estimate of drug-likeness (QED) is 0.753. The molecule has 0 spiro atoms. The fourth-order valence-corrected chi connectivity index (χ4v) is 1.36. The van der Waals surface area contributed by atoms with E-state index in [-0.39, 0.29) is 25.1 Å². The van der Waals surface area contributed by atoms with Crippen LogP contribution in [0.2, 0.25) is 0 Å². The van der Waals surface area contributed by atoms with E-state index in [0.29, 0.717) is 6.42 Å². The third-order valence-corrected chi connectivity index (χ3v) is 2.12. The Morgan fingerprint density at radius 2 is 2.45 bits per heavy atom. The number of aromatic nitrogens is 1. The van der Waals surface area contributed by atoms with Crippen LogP contribution < -0.4 is 5.73 Å². The van der Waals surface area contributed by atoms with E-state index in [4.69, 9.17) is 10.8 Å². The molecule has 0 aliphatic rings. The molecule has 0 amide bonds. The molecule has 1 unspecified atom stereocenters. The lowest BCUT2D eigenvalue weighted by atomic mass is 10.2.